The summed E-state index contributed by atoms with van der Waals surface area (Å²) < 4.78 is 5.17. The Kier molecular flexibility index (Phi) is 4.38. The van der Waals surface area contributed by atoms with E-state index in [9.17, 15) is 4.79 Å². The summed E-state index contributed by atoms with van der Waals surface area (Å²) in [6.07, 6.45) is 1.62. The Hall–Kier alpha value is -1.33. The van der Waals surface area contributed by atoms with Gasteiger partial charge in [0.05, 0.1) is 19.4 Å². The minimum atomic E-state index is 0.0582. The summed E-state index contributed by atoms with van der Waals surface area (Å²) in [5, 5.41) is 2.88. The summed E-state index contributed by atoms with van der Waals surface area (Å²) in [6.45, 7) is 6.09. The van der Waals surface area contributed by atoms with Gasteiger partial charge in [-0.2, -0.15) is 0 Å². The maximum atomic E-state index is 11.8. The van der Waals surface area contributed by atoms with Crippen molar-refractivity contribution in [2.24, 2.45) is 0 Å². The number of nitrogens with one attached hydrogen (secondary N) is 1. The van der Waals surface area contributed by atoms with E-state index in [1.165, 1.54) is 0 Å². The van der Waals surface area contributed by atoms with Crippen LogP contribution in [0.5, 0.6) is 0 Å². The second-order valence-corrected chi connectivity index (χ2v) is 4.94. The van der Waals surface area contributed by atoms with Crippen LogP contribution < -0.4 is 5.32 Å². The molecule has 0 aromatic carbocycles. The van der Waals surface area contributed by atoms with Crippen molar-refractivity contribution < 1.29 is 9.21 Å². The number of nitrogens with zero attached hydrogens (tertiary/aromatic N) is 2. The summed E-state index contributed by atoms with van der Waals surface area (Å²) in [4.78, 5) is 16.3. The van der Waals surface area contributed by atoms with Gasteiger partial charge < -0.3 is 14.6 Å². The van der Waals surface area contributed by atoms with Crippen LogP contribution in [0.2, 0.25) is 0 Å². The van der Waals surface area contributed by atoms with Crippen molar-refractivity contribution in [1.29, 1.82) is 0 Å². The van der Waals surface area contributed by atoms with E-state index in [-0.39, 0.29) is 5.91 Å². The van der Waals surface area contributed by atoms with Crippen LogP contribution in [0.1, 0.15) is 12.7 Å². The van der Waals surface area contributed by atoms with Gasteiger partial charge in [-0.3, -0.25) is 9.69 Å². The fourth-order valence-corrected chi connectivity index (χ4v) is 2.25. The van der Waals surface area contributed by atoms with Crippen LogP contribution in [0.25, 0.3) is 0 Å². The second-order valence-electron chi connectivity index (χ2n) is 4.94. The molecular formula is C13H21N3O2. The molecule has 1 N–H and O–H groups in total. The maximum absolute atomic E-state index is 11.8. The van der Waals surface area contributed by atoms with Crippen LogP contribution >= 0.6 is 0 Å². The molecule has 0 saturated carbocycles. The molecule has 2 rings (SSSR count). The maximum Gasteiger partial charge on any atom is 0.234 e. The van der Waals surface area contributed by atoms with E-state index in [4.69, 9.17) is 4.42 Å². The van der Waals surface area contributed by atoms with Gasteiger partial charge in [0.15, 0.2) is 0 Å². The summed E-state index contributed by atoms with van der Waals surface area (Å²) in [5.41, 5.74) is 0. The van der Waals surface area contributed by atoms with Gasteiger partial charge in [0.2, 0.25) is 5.91 Å². The van der Waals surface area contributed by atoms with Crippen molar-refractivity contribution in [1.82, 2.24) is 15.1 Å². The Morgan fingerprint density at radius 1 is 1.56 bits per heavy atom. The third-order valence-corrected chi connectivity index (χ3v) is 3.35. The topological polar surface area (TPSA) is 48.7 Å². The number of amides is 1. The summed E-state index contributed by atoms with van der Waals surface area (Å²) >= 11 is 0. The lowest BCUT2D eigenvalue weighted by Crippen LogP contribution is -2.53. The monoisotopic (exact) mass is 251 g/mol. The zero-order valence-corrected chi connectivity index (χ0v) is 11.1. The van der Waals surface area contributed by atoms with Crippen molar-refractivity contribution in [2.75, 3.05) is 33.2 Å². The van der Waals surface area contributed by atoms with Crippen LogP contribution in [0.15, 0.2) is 22.8 Å². The lowest BCUT2D eigenvalue weighted by Gasteiger charge is -2.37. The molecule has 1 aliphatic heterocycles. The molecule has 1 saturated heterocycles. The van der Waals surface area contributed by atoms with Gasteiger partial charge in [-0.15, -0.1) is 0 Å². The molecule has 0 radical (unpaired) electrons. The Bertz CT molecular complexity index is 378. The first-order chi connectivity index (χ1) is 8.65. The van der Waals surface area contributed by atoms with E-state index in [0.717, 1.165) is 25.4 Å². The first-order valence-corrected chi connectivity index (χ1v) is 6.37. The highest BCUT2D eigenvalue weighted by atomic mass is 16.3. The second kappa shape index (κ2) is 6.02. The first kappa shape index (κ1) is 13.1. The molecule has 1 fully saturated rings. The fourth-order valence-electron chi connectivity index (χ4n) is 2.25. The lowest BCUT2D eigenvalue weighted by molar-refractivity contribution is -0.123. The molecule has 1 aromatic rings. The van der Waals surface area contributed by atoms with E-state index in [1.807, 2.05) is 12.1 Å². The van der Waals surface area contributed by atoms with Gasteiger partial charge in [-0.25, -0.2) is 0 Å². The van der Waals surface area contributed by atoms with E-state index in [0.29, 0.717) is 19.1 Å². The molecule has 0 bridgehead atoms. The van der Waals surface area contributed by atoms with Crippen molar-refractivity contribution in [2.45, 2.75) is 19.5 Å². The van der Waals surface area contributed by atoms with Gasteiger partial charge in [0, 0.05) is 25.7 Å². The predicted octanol–water partition coefficient (Wildman–Crippen LogP) is 0.532. The summed E-state index contributed by atoms with van der Waals surface area (Å²) in [7, 11) is 2.12. The Morgan fingerprint density at radius 2 is 2.39 bits per heavy atom. The molecule has 0 spiro atoms. The number of hydrogen-bond donors (Lipinski definition) is 1. The predicted molar refractivity (Wildman–Crippen MR) is 69.1 cm³/mol. The lowest BCUT2D eigenvalue weighted by atomic mass is 10.2. The Balaban J connectivity index is 1.73. The average molecular weight is 251 g/mol. The van der Waals surface area contributed by atoms with Gasteiger partial charge >= 0.3 is 0 Å². The highest BCUT2D eigenvalue weighted by Gasteiger charge is 2.22. The highest BCUT2D eigenvalue weighted by molar-refractivity contribution is 5.78. The molecule has 18 heavy (non-hydrogen) atoms. The van der Waals surface area contributed by atoms with Crippen LogP contribution in [-0.4, -0.2) is 55.0 Å². The normalized spacial score (nSPS) is 22.0. The quantitative estimate of drug-likeness (QED) is 0.848. The molecule has 5 nitrogen and oxygen atoms in total. The number of carbonyl (C=O) groups is 1. The van der Waals surface area contributed by atoms with Crippen molar-refractivity contribution in [3.05, 3.63) is 24.2 Å². The summed E-state index contributed by atoms with van der Waals surface area (Å²) in [6, 6.07) is 4.11. The van der Waals surface area contributed by atoms with Gasteiger partial charge in [0.1, 0.15) is 5.76 Å². The SMILES string of the molecule is C[C@@H]1CN(C)CCN1CC(=O)NCc1ccco1. The number of likely N-dealkylation sites (N-methyl/N-ethyl adjacent to an activating group) is 1. The van der Waals surface area contributed by atoms with E-state index in [2.05, 4.69) is 29.1 Å². The highest BCUT2D eigenvalue weighted by Crippen LogP contribution is 2.07. The van der Waals surface area contributed by atoms with Crippen molar-refractivity contribution in [3.63, 3.8) is 0 Å². The van der Waals surface area contributed by atoms with E-state index >= 15 is 0 Å². The molecule has 2 heterocycles. The fraction of sp³-hybridized carbons (Fsp3) is 0.615. The molecule has 0 unspecified atom stereocenters. The van der Waals surface area contributed by atoms with Crippen molar-refractivity contribution in [3.8, 4) is 0 Å². The van der Waals surface area contributed by atoms with Crippen LogP contribution in [-0.2, 0) is 11.3 Å². The number of carbonyl (C=O) groups excluding carboxylic acids is 1. The largest absolute Gasteiger partial charge is 0.467 e. The molecule has 0 aliphatic carbocycles. The molecule has 1 amide bonds. The molecule has 1 aliphatic rings. The standard InChI is InChI=1S/C13H21N3O2/c1-11-9-15(2)5-6-16(11)10-13(17)14-8-12-4-3-7-18-12/h3-4,7,11H,5-6,8-10H2,1-2H3,(H,14,17)/t11-/m1/s1. The van der Waals surface area contributed by atoms with Crippen LogP contribution in [0, 0.1) is 0 Å². The third kappa shape index (κ3) is 3.58. The summed E-state index contributed by atoms with van der Waals surface area (Å²) in [5.74, 6) is 0.845. The first-order valence-electron chi connectivity index (χ1n) is 6.37. The number of piperazine rings is 1. The zero-order chi connectivity index (χ0) is 13.0. The molecule has 1 aromatic heterocycles. The van der Waals surface area contributed by atoms with Gasteiger partial charge in [0.25, 0.3) is 0 Å². The number of hydrogen-bond acceptors (Lipinski definition) is 4. The molecule has 100 valence electrons. The van der Waals surface area contributed by atoms with E-state index < -0.39 is 0 Å². The van der Waals surface area contributed by atoms with Gasteiger partial charge in [-0.1, -0.05) is 0 Å². The Labute approximate surface area is 108 Å². The molecule has 5 heteroatoms. The van der Waals surface area contributed by atoms with Crippen molar-refractivity contribution >= 4 is 5.91 Å². The average Bonchev–Trinajstić information content (AvgIpc) is 2.83. The van der Waals surface area contributed by atoms with E-state index in [1.54, 1.807) is 6.26 Å². The number of rotatable bonds is 4. The third-order valence-electron chi connectivity index (χ3n) is 3.35. The Morgan fingerprint density at radius 3 is 3.06 bits per heavy atom. The smallest absolute Gasteiger partial charge is 0.234 e. The molecular weight excluding hydrogens is 230 g/mol. The minimum Gasteiger partial charge on any atom is -0.467 e. The van der Waals surface area contributed by atoms with Crippen LogP contribution in [0.4, 0.5) is 0 Å². The number of furan rings is 1. The zero-order valence-electron chi connectivity index (χ0n) is 11.1. The van der Waals surface area contributed by atoms with Crippen LogP contribution in [0.3, 0.4) is 0 Å². The van der Waals surface area contributed by atoms with Gasteiger partial charge in [-0.05, 0) is 26.1 Å². The minimum absolute atomic E-state index is 0.0582. The molecule has 1 atom stereocenters.